The van der Waals surface area contributed by atoms with Crippen molar-refractivity contribution in [2.24, 2.45) is 0 Å². The highest BCUT2D eigenvalue weighted by Gasteiger charge is 2.25. The van der Waals surface area contributed by atoms with Crippen molar-refractivity contribution in [2.45, 2.75) is 26.1 Å². The summed E-state index contributed by atoms with van der Waals surface area (Å²) < 4.78 is 27.1. The molecule has 0 aliphatic carbocycles. The van der Waals surface area contributed by atoms with Gasteiger partial charge in [0, 0.05) is 38.0 Å². The predicted molar refractivity (Wildman–Crippen MR) is 106 cm³/mol. The number of fused-ring (bicyclic) bond motifs is 1. The van der Waals surface area contributed by atoms with Gasteiger partial charge in [0.25, 0.3) is 0 Å². The summed E-state index contributed by atoms with van der Waals surface area (Å²) in [5.41, 5.74) is 0.210. The molecule has 3 aromatic rings. The maximum Gasteiger partial charge on any atom is 0.352 e. The van der Waals surface area contributed by atoms with Gasteiger partial charge in [-0.15, -0.1) is 0 Å². The molecule has 0 fully saturated rings. The van der Waals surface area contributed by atoms with Crippen LogP contribution in [0, 0.1) is 5.82 Å². The fourth-order valence-corrected chi connectivity index (χ4v) is 3.24. The first-order chi connectivity index (χ1) is 13.9. The van der Waals surface area contributed by atoms with Crippen LogP contribution in [0.4, 0.5) is 10.2 Å². The lowest BCUT2D eigenvalue weighted by Gasteiger charge is -2.16. The molecule has 1 aromatic carbocycles. The van der Waals surface area contributed by atoms with Crippen LogP contribution >= 0.6 is 11.6 Å². The molecule has 0 spiro atoms. The molecule has 7 nitrogen and oxygen atoms in total. The number of aromatic nitrogens is 3. The standard InChI is InChI=1S/C20H18ClFN4O3/c1-12-10-26-19(25(12)2)7-18(24-20(26)27)28-11-13-3-4-17(16(22)5-13)29-15-6-14(21)8-23-9-15/h3-9,12H,10-11H2,1-2H3/t12-/m0/s1. The molecule has 4 rings (SSSR count). The van der Waals surface area contributed by atoms with Gasteiger partial charge < -0.3 is 14.4 Å². The van der Waals surface area contributed by atoms with Crippen molar-refractivity contribution in [1.82, 2.24) is 14.5 Å². The topological polar surface area (TPSA) is 69.5 Å². The molecule has 0 N–H and O–H groups in total. The zero-order valence-electron chi connectivity index (χ0n) is 15.8. The van der Waals surface area contributed by atoms with Crippen LogP contribution in [0.1, 0.15) is 12.5 Å². The molecule has 1 atom stereocenters. The first-order valence-electron chi connectivity index (χ1n) is 8.95. The van der Waals surface area contributed by atoms with E-state index in [-0.39, 0.29) is 30.0 Å². The van der Waals surface area contributed by atoms with E-state index in [1.807, 2.05) is 18.9 Å². The molecule has 2 aromatic heterocycles. The zero-order chi connectivity index (χ0) is 20.5. The van der Waals surface area contributed by atoms with Crippen LogP contribution in [0.3, 0.4) is 0 Å². The second kappa shape index (κ2) is 7.71. The molecule has 1 aliphatic heterocycles. The highest BCUT2D eigenvalue weighted by Crippen LogP contribution is 2.27. The van der Waals surface area contributed by atoms with Gasteiger partial charge in [0.15, 0.2) is 11.6 Å². The number of rotatable bonds is 5. The van der Waals surface area contributed by atoms with E-state index in [1.54, 1.807) is 22.8 Å². The molecule has 0 unspecified atom stereocenters. The zero-order valence-corrected chi connectivity index (χ0v) is 16.6. The van der Waals surface area contributed by atoms with Gasteiger partial charge in [-0.05, 0) is 24.6 Å². The molecule has 0 saturated heterocycles. The Balaban J connectivity index is 1.46. The van der Waals surface area contributed by atoms with Crippen molar-refractivity contribution >= 4 is 17.4 Å². The summed E-state index contributed by atoms with van der Waals surface area (Å²) in [4.78, 5) is 22.0. The third-order valence-corrected chi connectivity index (χ3v) is 4.93. The lowest BCUT2D eigenvalue weighted by atomic mass is 10.2. The molecule has 150 valence electrons. The predicted octanol–water partition coefficient (Wildman–Crippen LogP) is 3.64. The monoisotopic (exact) mass is 416 g/mol. The molecule has 29 heavy (non-hydrogen) atoms. The van der Waals surface area contributed by atoms with E-state index >= 15 is 0 Å². The second-order valence-electron chi connectivity index (χ2n) is 6.80. The highest BCUT2D eigenvalue weighted by molar-refractivity contribution is 6.30. The molecule has 3 heterocycles. The van der Waals surface area contributed by atoms with Gasteiger partial charge in [-0.25, -0.2) is 9.18 Å². The van der Waals surface area contributed by atoms with Crippen LogP contribution in [0.15, 0.2) is 47.5 Å². The summed E-state index contributed by atoms with van der Waals surface area (Å²) in [6.07, 6.45) is 2.90. The first kappa shape index (κ1) is 19.2. The number of benzene rings is 1. The maximum absolute atomic E-state index is 14.4. The van der Waals surface area contributed by atoms with Gasteiger partial charge in [0.05, 0.1) is 11.2 Å². The summed E-state index contributed by atoms with van der Waals surface area (Å²) in [5.74, 6) is 0.774. The average molecular weight is 417 g/mol. The second-order valence-corrected chi connectivity index (χ2v) is 7.24. The fraction of sp³-hybridized carbons (Fsp3) is 0.250. The quantitative estimate of drug-likeness (QED) is 0.632. The molecule has 0 bridgehead atoms. The minimum absolute atomic E-state index is 0.0438. The average Bonchev–Trinajstić information content (AvgIpc) is 2.97. The van der Waals surface area contributed by atoms with E-state index in [2.05, 4.69) is 9.97 Å². The lowest BCUT2D eigenvalue weighted by Crippen LogP contribution is -2.23. The lowest BCUT2D eigenvalue weighted by molar-refractivity contribution is 0.290. The number of pyridine rings is 1. The van der Waals surface area contributed by atoms with Crippen LogP contribution in [0.2, 0.25) is 5.02 Å². The van der Waals surface area contributed by atoms with Crippen molar-refractivity contribution in [2.75, 3.05) is 11.9 Å². The Morgan fingerprint density at radius 1 is 1.28 bits per heavy atom. The number of halogens is 2. The summed E-state index contributed by atoms with van der Waals surface area (Å²) in [7, 11) is 1.91. The van der Waals surface area contributed by atoms with E-state index < -0.39 is 5.82 Å². The molecule has 1 aliphatic rings. The molecular weight excluding hydrogens is 399 g/mol. The molecule has 9 heteroatoms. The summed E-state index contributed by atoms with van der Waals surface area (Å²) in [6, 6.07) is 7.93. The van der Waals surface area contributed by atoms with E-state index in [0.717, 1.165) is 5.82 Å². The number of nitrogens with zero attached hydrogens (tertiary/aromatic N) is 4. The van der Waals surface area contributed by atoms with Crippen molar-refractivity contribution in [3.05, 3.63) is 69.6 Å². The van der Waals surface area contributed by atoms with Crippen molar-refractivity contribution in [3.63, 3.8) is 0 Å². The van der Waals surface area contributed by atoms with E-state index in [1.165, 1.54) is 24.5 Å². The van der Waals surface area contributed by atoms with Gasteiger partial charge in [0.2, 0.25) is 5.88 Å². The van der Waals surface area contributed by atoms with Gasteiger partial charge >= 0.3 is 5.69 Å². The van der Waals surface area contributed by atoms with Crippen LogP contribution in [0.25, 0.3) is 0 Å². The van der Waals surface area contributed by atoms with Crippen LogP contribution < -0.4 is 20.1 Å². The number of anilines is 1. The Morgan fingerprint density at radius 3 is 2.86 bits per heavy atom. The Morgan fingerprint density at radius 2 is 2.10 bits per heavy atom. The molecule has 0 radical (unpaired) electrons. The van der Waals surface area contributed by atoms with E-state index in [9.17, 15) is 9.18 Å². The SMILES string of the molecule is C[C@H]1Cn2c(cc(OCc3ccc(Oc4cncc(Cl)c4)c(F)c3)nc2=O)N1C. The summed E-state index contributed by atoms with van der Waals surface area (Å²) in [5, 5.41) is 0.394. The van der Waals surface area contributed by atoms with Gasteiger partial charge in [-0.2, -0.15) is 4.98 Å². The maximum atomic E-state index is 14.4. The van der Waals surface area contributed by atoms with Crippen LogP contribution in [0.5, 0.6) is 17.4 Å². The molecule has 0 saturated carbocycles. The summed E-state index contributed by atoms with van der Waals surface area (Å²) >= 11 is 5.85. The van der Waals surface area contributed by atoms with Crippen molar-refractivity contribution in [3.8, 4) is 17.4 Å². The van der Waals surface area contributed by atoms with Crippen molar-refractivity contribution in [1.29, 1.82) is 0 Å². The van der Waals surface area contributed by atoms with Gasteiger partial charge in [-0.3, -0.25) is 9.55 Å². The Bertz CT molecular complexity index is 1120. The highest BCUT2D eigenvalue weighted by atomic mass is 35.5. The largest absolute Gasteiger partial charge is 0.473 e. The smallest absolute Gasteiger partial charge is 0.352 e. The Labute approximate surface area is 171 Å². The number of hydrogen-bond acceptors (Lipinski definition) is 6. The third-order valence-electron chi connectivity index (χ3n) is 4.73. The van der Waals surface area contributed by atoms with Gasteiger partial charge in [-0.1, -0.05) is 17.7 Å². The first-order valence-corrected chi connectivity index (χ1v) is 9.33. The Hall–Kier alpha value is -3.13. The van der Waals surface area contributed by atoms with Crippen LogP contribution in [-0.4, -0.2) is 27.6 Å². The Kier molecular flexibility index (Phi) is 5.10. The van der Waals surface area contributed by atoms with Gasteiger partial charge in [0.1, 0.15) is 18.2 Å². The van der Waals surface area contributed by atoms with Crippen LogP contribution in [-0.2, 0) is 13.2 Å². The minimum atomic E-state index is -0.554. The number of likely N-dealkylation sites (N-methyl/N-ethyl adjacent to an activating group) is 1. The molecular formula is C20H18ClFN4O3. The van der Waals surface area contributed by atoms with E-state index in [4.69, 9.17) is 21.1 Å². The van der Waals surface area contributed by atoms with Crippen molar-refractivity contribution < 1.29 is 13.9 Å². The van der Waals surface area contributed by atoms with E-state index in [0.29, 0.717) is 22.9 Å². The normalized spacial score (nSPS) is 15.3. The summed E-state index contributed by atoms with van der Waals surface area (Å²) in [6.45, 7) is 2.68. The number of hydrogen-bond donors (Lipinski definition) is 0. The number of ether oxygens (including phenoxy) is 2. The molecule has 0 amide bonds. The third kappa shape index (κ3) is 4.02. The fourth-order valence-electron chi connectivity index (χ4n) is 3.07. The minimum Gasteiger partial charge on any atom is -0.473 e.